The summed E-state index contributed by atoms with van der Waals surface area (Å²) in [6.07, 6.45) is -8.29. The second-order valence-corrected chi connectivity index (χ2v) is 29.8. The zero-order valence-electron chi connectivity index (χ0n) is 25.4. The minimum absolute atomic E-state index is 0.000819. The highest BCUT2D eigenvalue weighted by Gasteiger charge is 2.55. The molecule has 0 aromatic carbocycles. The van der Waals surface area contributed by atoms with Gasteiger partial charge in [-0.15, -0.1) is 8.93 Å². The highest BCUT2D eigenvalue weighted by molar-refractivity contribution is 8.59. The molecule has 29 atom stereocenters. The number of carbonyl (C=O) groups is 1. The average molecular weight is 1020 g/mol. The predicted octanol–water partition coefficient (Wildman–Crippen LogP) is 6.14. The van der Waals surface area contributed by atoms with Gasteiger partial charge in [0.2, 0.25) is 0 Å². The lowest BCUT2D eigenvalue weighted by atomic mass is 9.97. The fourth-order valence-corrected chi connectivity index (χ4v) is 11.9. The SMILES string of the molecule is CC(OC1OC(COP)C(OP)C(OP)C1OC1OC(COPP)C(OPP)C(OPP)C1OPP)C(NP(P)P)C(=O)OP(P)PP. The van der Waals surface area contributed by atoms with E-state index in [1.807, 2.05) is 0 Å². The third-order valence-electron chi connectivity index (χ3n) is 6.67. The summed E-state index contributed by atoms with van der Waals surface area (Å²) in [7, 11) is 26.3. The molecule has 0 aromatic heterocycles. The molecule has 0 aromatic rings. The maximum absolute atomic E-state index is 13.3. The Morgan fingerprint density at radius 1 is 0.771 bits per heavy atom. The van der Waals surface area contributed by atoms with Crippen LogP contribution in [0.5, 0.6) is 0 Å². The lowest BCUT2D eigenvalue weighted by molar-refractivity contribution is -0.359. The summed E-state index contributed by atoms with van der Waals surface area (Å²) in [6, 6.07) is -0.828. The van der Waals surface area contributed by atoms with E-state index in [1.54, 1.807) is 6.92 Å². The predicted molar refractivity (Wildman–Crippen MR) is 244 cm³/mol. The topological polar surface area (TPSA) is 140 Å². The molecule has 2 rings (SSSR count). The molecule has 48 heavy (non-hydrogen) atoms. The molecule has 14 nitrogen and oxygen atoms in total. The molecule has 0 radical (unpaired) electrons. The molecular formula is C16H47NO13P18. The van der Waals surface area contributed by atoms with Crippen molar-refractivity contribution in [2.75, 3.05) is 13.2 Å². The van der Waals surface area contributed by atoms with Gasteiger partial charge in [-0.1, -0.05) is 62.5 Å². The fourth-order valence-electron chi connectivity index (χ4n) is 4.71. The van der Waals surface area contributed by atoms with E-state index in [9.17, 15) is 4.79 Å². The highest BCUT2D eigenvalue weighted by atomic mass is 32.6. The monoisotopic (exact) mass is 1020 g/mol. The van der Waals surface area contributed by atoms with Crippen molar-refractivity contribution in [3.63, 3.8) is 0 Å². The third kappa shape index (κ3) is 16.4. The Bertz CT molecular complexity index is 903. The Kier molecular flexibility index (Phi) is 30.8. The van der Waals surface area contributed by atoms with Crippen molar-refractivity contribution >= 4 is 163 Å². The van der Waals surface area contributed by atoms with E-state index in [0.717, 1.165) is 0 Å². The van der Waals surface area contributed by atoms with Crippen LogP contribution in [0.3, 0.4) is 0 Å². The Morgan fingerprint density at radius 3 is 1.90 bits per heavy atom. The zero-order valence-corrected chi connectivity index (χ0v) is 44.9. The Balaban J connectivity index is 2.55. The molecule has 0 bridgehead atoms. The standard InChI is InChI=1S/C16H47NO13P18/c1-4(7(17-47(39)40)14(18)30-48(41)46-38)21-15-12(10(26-33)8(25-32)5(22-15)2-19-31)24-16-13(29-45-37)11(28-44-36)9(27-43-35)6(23-16)3-20-42-34/h4-13,15-17,42-46H,2-3,31-41H2,1H3. The summed E-state index contributed by atoms with van der Waals surface area (Å²) in [5, 5.41) is 3.27. The van der Waals surface area contributed by atoms with Gasteiger partial charge in [0.15, 0.2) is 12.6 Å². The maximum Gasteiger partial charge on any atom is 0.329 e. The summed E-state index contributed by atoms with van der Waals surface area (Å²) in [4.78, 5) is 13.3. The van der Waals surface area contributed by atoms with Gasteiger partial charge in [0.1, 0.15) is 62.4 Å². The number of carbonyl (C=O) groups excluding carboxylic acids is 1. The third-order valence-corrected chi connectivity index (χ3v) is 20.5. The number of hydrogen-bond acceptors (Lipinski definition) is 14. The second-order valence-electron chi connectivity index (χ2n) is 9.47. The minimum Gasteiger partial charge on any atom is -0.435 e. The molecule has 32 heteroatoms. The van der Waals surface area contributed by atoms with E-state index in [1.165, 1.54) is 0 Å². The molecule has 2 heterocycles. The van der Waals surface area contributed by atoms with Crippen LogP contribution in [0, 0.1) is 0 Å². The number of rotatable bonds is 23. The summed E-state index contributed by atoms with van der Waals surface area (Å²) < 4.78 is 73.5. The number of nitrogens with one attached hydrogen (secondary N) is 1. The van der Waals surface area contributed by atoms with Gasteiger partial charge in [-0.2, -0.15) is 0 Å². The van der Waals surface area contributed by atoms with Gasteiger partial charge in [-0.3, -0.25) is 9.88 Å². The van der Waals surface area contributed by atoms with E-state index in [0.29, 0.717) is 7.96 Å². The fraction of sp³-hybridized carbons (Fsp3) is 0.938. The summed E-state index contributed by atoms with van der Waals surface area (Å²) in [6.45, 7) is 2.12. The first kappa shape index (κ1) is 50.9. The highest BCUT2D eigenvalue weighted by Crippen LogP contribution is 2.67. The van der Waals surface area contributed by atoms with Crippen LogP contribution in [-0.4, -0.2) is 92.7 Å². The molecule has 0 spiro atoms. The quantitative estimate of drug-likeness (QED) is 0.117. The van der Waals surface area contributed by atoms with Gasteiger partial charge in [0.25, 0.3) is 0 Å². The van der Waals surface area contributed by atoms with Crippen LogP contribution in [0.2, 0.25) is 0 Å². The maximum atomic E-state index is 13.3. The van der Waals surface area contributed by atoms with Crippen molar-refractivity contribution in [2.45, 2.75) is 80.5 Å². The molecule has 0 aliphatic carbocycles. The van der Waals surface area contributed by atoms with Gasteiger partial charge in [-0.05, 0) is 22.3 Å². The van der Waals surface area contributed by atoms with Crippen molar-refractivity contribution in [1.82, 2.24) is 5.09 Å². The van der Waals surface area contributed by atoms with E-state index >= 15 is 0 Å². The van der Waals surface area contributed by atoms with Crippen LogP contribution < -0.4 is 5.09 Å². The van der Waals surface area contributed by atoms with Crippen LogP contribution in [0.4, 0.5) is 0 Å². The van der Waals surface area contributed by atoms with Crippen LogP contribution in [-0.2, 0) is 59.9 Å². The normalized spacial score (nSPS) is 34.3. The minimum atomic E-state index is -1.10. The Hall–Kier alpha value is 6.73. The van der Waals surface area contributed by atoms with Gasteiger partial charge >= 0.3 is 5.97 Å². The summed E-state index contributed by atoms with van der Waals surface area (Å²) in [5.74, 6) is -0.443. The average Bonchev–Trinajstić information content (AvgIpc) is 3.05. The molecule has 2 aliphatic rings. The first-order chi connectivity index (χ1) is 23.0. The first-order valence-electron chi connectivity index (χ1n) is 13.4. The lowest BCUT2D eigenvalue weighted by Gasteiger charge is -2.49. The lowest BCUT2D eigenvalue weighted by Crippen LogP contribution is -2.65. The van der Waals surface area contributed by atoms with Crippen molar-refractivity contribution in [3.8, 4) is 0 Å². The van der Waals surface area contributed by atoms with Crippen LogP contribution >= 0.6 is 157 Å². The summed E-state index contributed by atoms with van der Waals surface area (Å²) >= 11 is 0. The van der Waals surface area contributed by atoms with E-state index < -0.39 is 94.5 Å². The Labute approximate surface area is 319 Å². The molecule has 29 unspecified atom stereocenters. The smallest absolute Gasteiger partial charge is 0.329 e. The van der Waals surface area contributed by atoms with E-state index in [-0.39, 0.29) is 47.2 Å². The van der Waals surface area contributed by atoms with Crippen LogP contribution in [0.15, 0.2) is 0 Å². The molecule has 2 aliphatic heterocycles. The van der Waals surface area contributed by atoms with Gasteiger partial charge in [0, 0.05) is 62.4 Å². The largest absolute Gasteiger partial charge is 0.435 e. The molecule has 0 saturated carbocycles. The van der Waals surface area contributed by atoms with Gasteiger partial charge in [0.05, 0.1) is 19.3 Å². The van der Waals surface area contributed by atoms with Crippen LogP contribution in [0.25, 0.3) is 0 Å². The molecule has 1 N–H and O–H groups in total. The molecular weight excluding hydrogens is 972 g/mol. The molecule has 0 amide bonds. The number of ether oxygens (including phenoxy) is 4. The number of hydrogen-bond donors (Lipinski definition) is 1. The van der Waals surface area contributed by atoms with Crippen molar-refractivity contribution < 1.29 is 59.9 Å². The summed E-state index contributed by atoms with van der Waals surface area (Å²) in [5.41, 5.74) is 0. The van der Waals surface area contributed by atoms with Crippen molar-refractivity contribution in [1.29, 1.82) is 0 Å². The van der Waals surface area contributed by atoms with Crippen LogP contribution in [0.1, 0.15) is 6.92 Å². The molecule has 2 fully saturated rings. The first-order valence-corrected chi connectivity index (χ1v) is 36.8. The molecule has 284 valence electrons. The van der Waals surface area contributed by atoms with Gasteiger partial charge < -0.3 is 55.1 Å². The Morgan fingerprint density at radius 2 is 1.35 bits per heavy atom. The van der Waals surface area contributed by atoms with E-state index in [4.69, 9.17) is 55.1 Å². The molecule has 2 saturated heterocycles. The van der Waals surface area contributed by atoms with Crippen molar-refractivity contribution in [2.24, 2.45) is 0 Å². The van der Waals surface area contributed by atoms with Gasteiger partial charge in [-0.25, -0.2) is 0 Å². The second kappa shape index (κ2) is 29.0. The zero-order chi connectivity index (χ0) is 35.8. The van der Waals surface area contributed by atoms with Crippen molar-refractivity contribution in [3.05, 3.63) is 0 Å². The van der Waals surface area contributed by atoms with E-state index in [2.05, 4.69) is 105 Å².